The summed E-state index contributed by atoms with van der Waals surface area (Å²) in [6.45, 7) is 4.60. The highest BCUT2D eigenvalue weighted by molar-refractivity contribution is 9.10. The van der Waals surface area contributed by atoms with Gasteiger partial charge in [0, 0.05) is 16.6 Å². The lowest BCUT2D eigenvalue weighted by Gasteiger charge is -2.14. The maximum absolute atomic E-state index is 12.9. The highest BCUT2D eigenvalue weighted by Gasteiger charge is 2.14. The third-order valence-corrected chi connectivity index (χ3v) is 5.19. The summed E-state index contributed by atoms with van der Waals surface area (Å²) >= 11 is 3.44. The van der Waals surface area contributed by atoms with Crippen LogP contribution in [0.4, 0.5) is 5.69 Å². The second kappa shape index (κ2) is 10.8. The van der Waals surface area contributed by atoms with Gasteiger partial charge in [-0.05, 0) is 61.4 Å². The number of rotatable bonds is 9. The van der Waals surface area contributed by atoms with Crippen LogP contribution >= 0.6 is 15.9 Å². The van der Waals surface area contributed by atoms with Gasteiger partial charge in [-0.3, -0.25) is 4.79 Å². The number of anilines is 1. The summed E-state index contributed by atoms with van der Waals surface area (Å²) < 4.78 is 12.5. The Morgan fingerprint density at radius 3 is 2.47 bits per heavy atom. The minimum absolute atomic E-state index is 0.155. The van der Waals surface area contributed by atoms with Crippen molar-refractivity contribution in [1.82, 2.24) is 0 Å². The van der Waals surface area contributed by atoms with Crippen molar-refractivity contribution in [1.29, 1.82) is 0 Å². The molecule has 3 aromatic rings. The summed E-state index contributed by atoms with van der Waals surface area (Å²) in [5, 5.41) is 2.93. The average Bonchev–Trinajstić information content (AvgIpc) is 2.76. The van der Waals surface area contributed by atoms with Crippen LogP contribution in [0.1, 0.15) is 36.2 Å². The molecule has 3 rings (SSSR count). The van der Waals surface area contributed by atoms with Crippen molar-refractivity contribution >= 4 is 27.5 Å². The Balaban J connectivity index is 1.65. The molecule has 1 N–H and O–H groups in total. The van der Waals surface area contributed by atoms with E-state index in [0.29, 0.717) is 23.6 Å². The Bertz CT molecular complexity index is 958. The Labute approximate surface area is 186 Å². The maximum atomic E-state index is 12.9. The third kappa shape index (κ3) is 6.36. The van der Waals surface area contributed by atoms with E-state index in [2.05, 4.69) is 40.3 Å². The number of benzene rings is 3. The van der Waals surface area contributed by atoms with Crippen molar-refractivity contribution in [3.63, 3.8) is 0 Å². The standard InChI is InChI=1S/C25H26BrNO3/c1-3-18(2)30-22-12-10-21(11-13-22)27-25(28)23-17-20(26)9-14-24(23)29-16-15-19-7-5-4-6-8-19/h4-14,17-18H,3,15-16H2,1-2H3,(H,27,28). The van der Waals surface area contributed by atoms with Crippen LogP contribution in [0.2, 0.25) is 0 Å². The predicted molar refractivity (Wildman–Crippen MR) is 125 cm³/mol. The molecule has 3 aromatic carbocycles. The van der Waals surface area contributed by atoms with E-state index >= 15 is 0 Å². The fourth-order valence-corrected chi connectivity index (χ4v) is 3.22. The van der Waals surface area contributed by atoms with E-state index in [1.54, 1.807) is 6.07 Å². The van der Waals surface area contributed by atoms with Crippen LogP contribution in [0, 0.1) is 0 Å². The summed E-state index contributed by atoms with van der Waals surface area (Å²) in [6, 6.07) is 23.0. The smallest absolute Gasteiger partial charge is 0.259 e. The first-order valence-corrected chi connectivity index (χ1v) is 10.9. The molecule has 0 spiro atoms. The van der Waals surface area contributed by atoms with Gasteiger partial charge < -0.3 is 14.8 Å². The fraction of sp³-hybridized carbons (Fsp3) is 0.240. The van der Waals surface area contributed by atoms with E-state index in [4.69, 9.17) is 9.47 Å². The zero-order valence-electron chi connectivity index (χ0n) is 17.2. The summed E-state index contributed by atoms with van der Waals surface area (Å²) in [4.78, 5) is 12.9. The first kappa shape index (κ1) is 21.9. The van der Waals surface area contributed by atoms with Gasteiger partial charge in [-0.1, -0.05) is 53.2 Å². The highest BCUT2D eigenvalue weighted by atomic mass is 79.9. The molecule has 0 radical (unpaired) electrons. The van der Waals surface area contributed by atoms with Crippen LogP contribution in [0.3, 0.4) is 0 Å². The number of halogens is 1. The lowest BCUT2D eigenvalue weighted by molar-refractivity contribution is 0.102. The van der Waals surface area contributed by atoms with Crippen molar-refractivity contribution in [2.24, 2.45) is 0 Å². The van der Waals surface area contributed by atoms with E-state index in [0.717, 1.165) is 23.1 Å². The second-order valence-electron chi connectivity index (χ2n) is 7.04. The Morgan fingerprint density at radius 1 is 1.03 bits per heavy atom. The zero-order chi connectivity index (χ0) is 21.3. The van der Waals surface area contributed by atoms with Crippen LogP contribution < -0.4 is 14.8 Å². The number of carbonyl (C=O) groups excluding carboxylic acids is 1. The molecule has 5 heteroatoms. The molecule has 1 amide bonds. The minimum atomic E-state index is -0.221. The average molecular weight is 468 g/mol. The number of hydrogen-bond donors (Lipinski definition) is 1. The van der Waals surface area contributed by atoms with Gasteiger partial charge in [0.1, 0.15) is 11.5 Å². The van der Waals surface area contributed by atoms with Crippen molar-refractivity contribution in [3.05, 3.63) is 88.4 Å². The fourth-order valence-electron chi connectivity index (χ4n) is 2.86. The molecule has 0 aliphatic rings. The molecular formula is C25H26BrNO3. The molecule has 0 aliphatic heterocycles. The Kier molecular flexibility index (Phi) is 7.91. The molecule has 0 saturated carbocycles. The predicted octanol–water partition coefficient (Wildman–Crippen LogP) is 6.50. The quantitative estimate of drug-likeness (QED) is 0.390. The molecule has 156 valence electrons. The Morgan fingerprint density at radius 2 is 1.77 bits per heavy atom. The third-order valence-electron chi connectivity index (χ3n) is 4.70. The van der Waals surface area contributed by atoms with Gasteiger partial charge in [-0.2, -0.15) is 0 Å². The molecule has 0 heterocycles. The lowest BCUT2D eigenvalue weighted by Crippen LogP contribution is -2.14. The number of ether oxygens (including phenoxy) is 2. The van der Waals surface area contributed by atoms with Gasteiger partial charge >= 0.3 is 0 Å². The van der Waals surface area contributed by atoms with Crippen LogP contribution in [0.5, 0.6) is 11.5 Å². The van der Waals surface area contributed by atoms with Crippen molar-refractivity contribution in [2.45, 2.75) is 32.8 Å². The summed E-state index contributed by atoms with van der Waals surface area (Å²) in [5.41, 5.74) is 2.38. The summed E-state index contributed by atoms with van der Waals surface area (Å²) in [5.74, 6) is 1.12. The van der Waals surface area contributed by atoms with E-state index in [1.807, 2.05) is 61.5 Å². The number of nitrogens with one attached hydrogen (secondary N) is 1. The maximum Gasteiger partial charge on any atom is 0.259 e. The molecule has 30 heavy (non-hydrogen) atoms. The SMILES string of the molecule is CCC(C)Oc1ccc(NC(=O)c2cc(Br)ccc2OCCc2ccccc2)cc1. The number of carbonyl (C=O) groups is 1. The van der Waals surface area contributed by atoms with Crippen LogP contribution in [0.25, 0.3) is 0 Å². The normalized spacial score (nSPS) is 11.6. The first-order valence-electron chi connectivity index (χ1n) is 10.1. The number of hydrogen-bond acceptors (Lipinski definition) is 3. The molecule has 1 unspecified atom stereocenters. The van der Waals surface area contributed by atoms with Crippen molar-refractivity contribution in [2.75, 3.05) is 11.9 Å². The van der Waals surface area contributed by atoms with Crippen LogP contribution in [0.15, 0.2) is 77.3 Å². The van der Waals surface area contributed by atoms with Gasteiger partial charge in [-0.15, -0.1) is 0 Å². The second-order valence-corrected chi connectivity index (χ2v) is 7.96. The van der Waals surface area contributed by atoms with Gasteiger partial charge in [0.15, 0.2) is 0 Å². The van der Waals surface area contributed by atoms with Crippen LogP contribution in [-0.4, -0.2) is 18.6 Å². The minimum Gasteiger partial charge on any atom is -0.492 e. The van der Waals surface area contributed by atoms with E-state index in [-0.39, 0.29) is 12.0 Å². The van der Waals surface area contributed by atoms with Crippen molar-refractivity contribution in [3.8, 4) is 11.5 Å². The van der Waals surface area contributed by atoms with Gasteiger partial charge in [0.25, 0.3) is 5.91 Å². The van der Waals surface area contributed by atoms with Crippen molar-refractivity contribution < 1.29 is 14.3 Å². The molecule has 4 nitrogen and oxygen atoms in total. The first-order chi connectivity index (χ1) is 14.5. The zero-order valence-corrected chi connectivity index (χ0v) is 18.8. The highest BCUT2D eigenvalue weighted by Crippen LogP contribution is 2.25. The largest absolute Gasteiger partial charge is 0.492 e. The molecule has 0 aromatic heterocycles. The Hall–Kier alpha value is -2.79. The molecule has 0 aliphatic carbocycles. The number of amides is 1. The van der Waals surface area contributed by atoms with Gasteiger partial charge in [-0.25, -0.2) is 0 Å². The van der Waals surface area contributed by atoms with E-state index in [9.17, 15) is 4.79 Å². The topological polar surface area (TPSA) is 47.6 Å². The van der Waals surface area contributed by atoms with Gasteiger partial charge in [0.2, 0.25) is 0 Å². The summed E-state index contributed by atoms with van der Waals surface area (Å²) in [7, 11) is 0. The molecule has 0 fully saturated rings. The molecule has 1 atom stereocenters. The van der Waals surface area contributed by atoms with Crippen LogP contribution in [-0.2, 0) is 6.42 Å². The molecule has 0 bridgehead atoms. The van der Waals surface area contributed by atoms with E-state index in [1.165, 1.54) is 5.56 Å². The summed E-state index contributed by atoms with van der Waals surface area (Å²) in [6.07, 6.45) is 1.87. The molecule has 0 saturated heterocycles. The molecular weight excluding hydrogens is 442 g/mol. The van der Waals surface area contributed by atoms with E-state index < -0.39 is 0 Å². The monoisotopic (exact) mass is 467 g/mol. The van der Waals surface area contributed by atoms with Gasteiger partial charge in [0.05, 0.1) is 18.3 Å². The lowest BCUT2D eigenvalue weighted by atomic mass is 10.1.